The second-order valence-electron chi connectivity index (χ2n) is 4.64. The molecule has 0 aliphatic carbocycles. The van der Waals surface area contributed by atoms with Crippen molar-refractivity contribution >= 4 is 44.9 Å². The molecular weight excluding hydrogens is 351 g/mol. The Morgan fingerprint density at radius 1 is 1.37 bits per heavy atom. The number of alkyl halides is 1. The van der Waals surface area contributed by atoms with Crippen molar-refractivity contribution in [3.63, 3.8) is 0 Å². The van der Waals surface area contributed by atoms with Gasteiger partial charge in [0.1, 0.15) is 5.75 Å². The molecule has 0 aliphatic heterocycles. The van der Waals surface area contributed by atoms with E-state index in [9.17, 15) is 4.79 Å². The second-order valence-corrected chi connectivity index (χ2v) is 6.32. The van der Waals surface area contributed by atoms with E-state index < -0.39 is 10.4 Å². The van der Waals surface area contributed by atoms with Crippen molar-refractivity contribution in [3.8, 4) is 5.75 Å². The highest BCUT2D eigenvalue weighted by Crippen LogP contribution is 2.33. The van der Waals surface area contributed by atoms with Crippen LogP contribution in [0.5, 0.6) is 5.75 Å². The van der Waals surface area contributed by atoms with Crippen LogP contribution in [0.2, 0.25) is 10.0 Å². The number of carbonyl (C=O) groups excluding carboxylic acids is 1. The summed E-state index contributed by atoms with van der Waals surface area (Å²) in [5, 5.41) is 0.206. The Bertz CT molecular complexity index is 459. The molecule has 0 N–H and O–H groups in total. The Morgan fingerprint density at radius 2 is 1.95 bits per heavy atom. The molecule has 1 aromatic carbocycles. The van der Waals surface area contributed by atoms with Crippen molar-refractivity contribution in [2.24, 2.45) is 5.41 Å². The molecule has 2 nitrogen and oxygen atoms in total. The predicted molar refractivity (Wildman–Crippen MR) is 83.5 cm³/mol. The summed E-state index contributed by atoms with van der Waals surface area (Å²) in [6.45, 7) is 5.93. The van der Waals surface area contributed by atoms with Crippen molar-refractivity contribution in [1.29, 1.82) is 0 Å². The van der Waals surface area contributed by atoms with Gasteiger partial charge in [-0.05, 0) is 47.0 Å². The molecule has 0 fully saturated rings. The fourth-order valence-electron chi connectivity index (χ4n) is 1.61. The SMILES string of the molecule is CCC(C)(CC)C(=O)C(Br)Oc1ccc(Cl)cc1Cl. The van der Waals surface area contributed by atoms with Crippen LogP contribution in [0.3, 0.4) is 0 Å². The van der Waals surface area contributed by atoms with Gasteiger partial charge in [0.25, 0.3) is 0 Å². The molecule has 0 aromatic heterocycles. The number of hydrogen-bond donors (Lipinski definition) is 0. The summed E-state index contributed by atoms with van der Waals surface area (Å²) in [6, 6.07) is 4.91. The van der Waals surface area contributed by atoms with Gasteiger partial charge in [-0.25, -0.2) is 0 Å². The summed E-state index contributed by atoms with van der Waals surface area (Å²) in [7, 11) is 0. The normalized spacial score (nSPS) is 13.2. The average Bonchev–Trinajstić information content (AvgIpc) is 2.40. The lowest BCUT2D eigenvalue weighted by atomic mass is 9.81. The van der Waals surface area contributed by atoms with Gasteiger partial charge in [0, 0.05) is 10.4 Å². The van der Waals surface area contributed by atoms with E-state index in [-0.39, 0.29) is 5.78 Å². The Morgan fingerprint density at radius 3 is 2.42 bits per heavy atom. The van der Waals surface area contributed by atoms with E-state index in [4.69, 9.17) is 27.9 Å². The van der Waals surface area contributed by atoms with Crippen LogP contribution in [-0.2, 0) is 4.79 Å². The molecule has 0 bridgehead atoms. The number of halogens is 3. The third kappa shape index (κ3) is 4.11. The first-order valence-corrected chi connectivity index (χ1v) is 7.81. The lowest BCUT2D eigenvalue weighted by molar-refractivity contribution is -0.131. The summed E-state index contributed by atoms with van der Waals surface area (Å²) >= 11 is 15.1. The molecule has 1 atom stereocenters. The van der Waals surface area contributed by atoms with Crippen LogP contribution in [0, 0.1) is 5.41 Å². The Hall–Kier alpha value is -0.250. The first-order valence-electron chi connectivity index (χ1n) is 6.14. The number of hydrogen-bond acceptors (Lipinski definition) is 2. The topological polar surface area (TPSA) is 26.3 Å². The molecule has 0 saturated carbocycles. The zero-order valence-electron chi connectivity index (χ0n) is 11.2. The molecule has 1 rings (SSSR count). The molecule has 0 radical (unpaired) electrons. The molecule has 0 aliphatic rings. The van der Waals surface area contributed by atoms with E-state index in [1.165, 1.54) is 0 Å². The minimum absolute atomic E-state index is 0.0171. The molecule has 0 amide bonds. The van der Waals surface area contributed by atoms with Gasteiger partial charge in [0.2, 0.25) is 5.01 Å². The molecule has 1 unspecified atom stereocenters. The van der Waals surface area contributed by atoms with Crippen molar-refractivity contribution in [1.82, 2.24) is 0 Å². The highest BCUT2D eigenvalue weighted by molar-refractivity contribution is 9.09. The van der Waals surface area contributed by atoms with Gasteiger partial charge in [-0.15, -0.1) is 0 Å². The van der Waals surface area contributed by atoms with Crippen LogP contribution in [0.4, 0.5) is 0 Å². The van der Waals surface area contributed by atoms with Crippen LogP contribution in [0.25, 0.3) is 0 Å². The highest BCUT2D eigenvalue weighted by Gasteiger charge is 2.35. The lowest BCUT2D eigenvalue weighted by Gasteiger charge is -2.27. The molecule has 106 valence electrons. The maximum atomic E-state index is 12.4. The first kappa shape index (κ1) is 16.8. The molecule has 19 heavy (non-hydrogen) atoms. The lowest BCUT2D eigenvalue weighted by Crippen LogP contribution is -2.36. The summed E-state index contributed by atoms with van der Waals surface area (Å²) < 4.78 is 5.59. The van der Waals surface area contributed by atoms with E-state index in [2.05, 4.69) is 15.9 Å². The largest absolute Gasteiger partial charge is 0.470 e. The fourth-order valence-corrected chi connectivity index (χ4v) is 2.82. The molecule has 1 aromatic rings. The van der Waals surface area contributed by atoms with Gasteiger partial charge < -0.3 is 4.74 Å². The second kappa shape index (κ2) is 6.96. The predicted octanol–water partition coefficient (Wildman–Crippen LogP) is 5.49. The number of rotatable bonds is 6. The van der Waals surface area contributed by atoms with Crippen LogP contribution in [-0.4, -0.2) is 10.8 Å². The quantitative estimate of drug-likeness (QED) is 0.621. The zero-order valence-corrected chi connectivity index (χ0v) is 14.3. The molecule has 5 heteroatoms. The van der Waals surface area contributed by atoms with Gasteiger partial charge in [0.05, 0.1) is 5.02 Å². The maximum Gasteiger partial charge on any atom is 0.211 e. The Balaban J connectivity index is 2.85. The van der Waals surface area contributed by atoms with Gasteiger partial charge in [-0.2, -0.15) is 0 Å². The smallest absolute Gasteiger partial charge is 0.211 e. The number of benzene rings is 1. The van der Waals surface area contributed by atoms with Crippen molar-refractivity contribution in [3.05, 3.63) is 28.2 Å². The Labute approximate surface area is 132 Å². The third-order valence-electron chi connectivity index (χ3n) is 3.49. The fraction of sp³-hybridized carbons (Fsp3) is 0.500. The minimum atomic E-state index is -0.712. The minimum Gasteiger partial charge on any atom is -0.470 e. The van der Waals surface area contributed by atoms with Crippen molar-refractivity contribution < 1.29 is 9.53 Å². The maximum absolute atomic E-state index is 12.4. The van der Waals surface area contributed by atoms with Crippen LogP contribution >= 0.6 is 39.1 Å². The summed E-state index contributed by atoms with van der Waals surface area (Å²) in [5.74, 6) is 0.458. The molecule has 0 saturated heterocycles. The zero-order chi connectivity index (χ0) is 14.6. The summed E-state index contributed by atoms with van der Waals surface area (Å²) in [5.41, 5.74) is -0.396. The van der Waals surface area contributed by atoms with Gasteiger partial charge in [-0.1, -0.05) is 44.0 Å². The van der Waals surface area contributed by atoms with E-state index in [0.29, 0.717) is 15.8 Å². The number of carbonyl (C=O) groups is 1. The van der Waals surface area contributed by atoms with E-state index in [1.807, 2.05) is 20.8 Å². The van der Waals surface area contributed by atoms with Gasteiger partial charge in [-0.3, -0.25) is 4.79 Å². The molecular formula is C14H17BrCl2O2. The first-order chi connectivity index (χ1) is 8.84. The summed E-state index contributed by atoms with van der Waals surface area (Å²) in [4.78, 5) is 12.4. The van der Waals surface area contributed by atoms with Crippen molar-refractivity contribution in [2.75, 3.05) is 0 Å². The third-order valence-corrected chi connectivity index (χ3v) is 4.62. The Kier molecular flexibility index (Phi) is 6.15. The van der Waals surface area contributed by atoms with Crippen LogP contribution in [0.15, 0.2) is 18.2 Å². The average molecular weight is 368 g/mol. The van der Waals surface area contributed by atoms with E-state index >= 15 is 0 Å². The number of Topliss-reactive ketones (excluding diaryl/α,β-unsaturated/α-hetero) is 1. The molecule has 0 heterocycles. The molecule has 0 spiro atoms. The van der Waals surface area contributed by atoms with Gasteiger partial charge >= 0.3 is 0 Å². The van der Waals surface area contributed by atoms with E-state index in [0.717, 1.165) is 12.8 Å². The standard InChI is InChI=1S/C14H17BrCl2O2/c1-4-14(3,5-2)12(18)13(15)19-11-7-6-9(16)8-10(11)17/h6-8,13H,4-5H2,1-3H3. The van der Waals surface area contributed by atoms with Crippen molar-refractivity contribution in [2.45, 2.75) is 38.6 Å². The van der Waals surface area contributed by atoms with Crippen LogP contribution in [0.1, 0.15) is 33.6 Å². The van der Waals surface area contributed by atoms with E-state index in [1.54, 1.807) is 18.2 Å². The monoisotopic (exact) mass is 366 g/mol. The summed E-state index contributed by atoms with van der Waals surface area (Å²) in [6.07, 6.45) is 1.53. The van der Waals surface area contributed by atoms with Gasteiger partial charge in [0.15, 0.2) is 5.78 Å². The highest BCUT2D eigenvalue weighted by atomic mass is 79.9. The van der Waals surface area contributed by atoms with Crippen LogP contribution < -0.4 is 4.74 Å². The number of ether oxygens (including phenoxy) is 1. The number of ketones is 1.